The predicted octanol–water partition coefficient (Wildman–Crippen LogP) is 3.36. The van der Waals surface area contributed by atoms with Crippen molar-refractivity contribution in [2.45, 2.75) is 38.8 Å². The van der Waals surface area contributed by atoms with Gasteiger partial charge in [0.2, 0.25) is 0 Å². The van der Waals surface area contributed by atoms with Crippen LogP contribution in [0.4, 0.5) is 10.6 Å². The maximum atomic E-state index is 12.5. The normalized spacial score (nSPS) is 21.2. The molecule has 26 heavy (non-hydrogen) atoms. The molecule has 2 aromatic rings. The number of likely N-dealkylation sites (tertiary alicyclic amines) is 1. The number of hydrogen-bond acceptors (Lipinski definition) is 5. The molecule has 0 radical (unpaired) electrons. The van der Waals surface area contributed by atoms with Crippen molar-refractivity contribution in [3.63, 3.8) is 0 Å². The second-order valence-corrected chi connectivity index (χ2v) is 8.48. The van der Waals surface area contributed by atoms with Gasteiger partial charge in [-0.05, 0) is 50.8 Å². The molecule has 2 aliphatic rings. The van der Waals surface area contributed by atoms with Crippen LogP contribution >= 0.6 is 11.3 Å². The van der Waals surface area contributed by atoms with Crippen molar-refractivity contribution in [3.8, 4) is 0 Å². The molecule has 1 aliphatic heterocycles. The molecule has 1 N–H and O–H groups in total. The number of piperidine rings is 1. The van der Waals surface area contributed by atoms with E-state index in [0.717, 1.165) is 38.2 Å². The molecule has 1 saturated heterocycles. The Balaban J connectivity index is 1.28. The summed E-state index contributed by atoms with van der Waals surface area (Å²) in [5.41, 5.74) is 1.30. The highest BCUT2D eigenvalue weighted by molar-refractivity contribution is 7.09. The van der Waals surface area contributed by atoms with Crippen LogP contribution in [0.2, 0.25) is 0 Å². The second-order valence-electron chi connectivity index (χ2n) is 7.50. The number of hydrogen-bond donors (Lipinski definition) is 1. The lowest BCUT2D eigenvalue weighted by Gasteiger charge is -2.34. The van der Waals surface area contributed by atoms with Gasteiger partial charge < -0.3 is 4.90 Å². The Morgan fingerprint density at radius 1 is 1.42 bits per heavy atom. The van der Waals surface area contributed by atoms with Crippen LogP contribution in [-0.2, 0) is 6.54 Å². The van der Waals surface area contributed by atoms with E-state index in [4.69, 9.17) is 0 Å². The van der Waals surface area contributed by atoms with Crippen LogP contribution in [0, 0.1) is 12.3 Å². The van der Waals surface area contributed by atoms with Crippen LogP contribution in [0.25, 0.3) is 0 Å². The van der Waals surface area contributed by atoms with Gasteiger partial charge in [0.15, 0.2) is 0 Å². The van der Waals surface area contributed by atoms with E-state index in [1.165, 1.54) is 11.4 Å². The van der Waals surface area contributed by atoms with Gasteiger partial charge in [0.1, 0.15) is 10.8 Å². The zero-order chi connectivity index (χ0) is 18.1. The first-order valence-electron chi connectivity index (χ1n) is 9.14. The van der Waals surface area contributed by atoms with E-state index in [1.54, 1.807) is 11.3 Å². The highest BCUT2D eigenvalue weighted by atomic mass is 32.1. The van der Waals surface area contributed by atoms with Crippen molar-refractivity contribution >= 4 is 23.2 Å². The number of nitrogens with one attached hydrogen (secondary N) is 1. The number of amides is 2. The molecule has 2 amide bonds. The predicted molar refractivity (Wildman–Crippen MR) is 103 cm³/mol. The van der Waals surface area contributed by atoms with E-state index in [0.29, 0.717) is 17.3 Å². The summed E-state index contributed by atoms with van der Waals surface area (Å²) in [6.45, 7) is 4.49. The van der Waals surface area contributed by atoms with Crippen molar-refractivity contribution in [1.82, 2.24) is 19.8 Å². The highest BCUT2D eigenvalue weighted by Gasteiger charge is 2.56. The van der Waals surface area contributed by atoms with E-state index in [-0.39, 0.29) is 6.03 Å². The third-order valence-electron chi connectivity index (χ3n) is 5.72. The fourth-order valence-electron chi connectivity index (χ4n) is 4.10. The van der Waals surface area contributed by atoms with Gasteiger partial charge in [-0.1, -0.05) is 6.07 Å². The fraction of sp³-hybridized carbons (Fsp3) is 0.526. The van der Waals surface area contributed by atoms with Crippen molar-refractivity contribution in [2.24, 2.45) is 5.41 Å². The van der Waals surface area contributed by atoms with Crippen LogP contribution < -0.4 is 5.32 Å². The number of aryl methyl sites for hydroxylation is 1. The van der Waals surface area contributed by atoms with E-state index in [2.05, 4.69) is 27.2 Å². The topological polar surface area (TPSA) is 61.4 Å². The molecule has 2 fully saturated rings. The average Bonchev–Trinajstić information content (AvgIpc) is 3.07. The molecule has 1 spiro atoms. The Morgan fingerprint density at radius 2 is 2.23 bits per heavy atom. The first-order chi connectivity index (χ1) is 12.6. The van der Waals surface area contributed by atoms with Gasteiger partial charge in [0.25, 0.3) is 0 Å². The minimum atomic E-state index is -0.0358. The summed E-state index contributed by atoms with van der Waals surface area (Å²) in [6, 6.07) is 6.26. The SMILES string of the molecule is Cc1cccc(NC(=O)N2CCC3(CC2)CC3N(C)Cc2nccs2)n1. The molecule has 3 heterocycles. The van der Waals surface area contributed by atoms with Gasteiger partial charge >= 0.3 is 6.03 Å². The molecule has 1 unspecified atom stereocenters. The van der Waals surface area contributed by atoms with Gasteiger partial charge in [0.05, 0.1) is 6.54 Å². The van der Waals surface area contributed by atoms with Gasteiger partial charge in [-0.2, -0.15) is 0 Å². The lowest BCUT2D eigenvalue weighted by Crippen LogP contribution is -2.43. The summed E-state index contributed by atoms with van der Waals surface area (Å²) >= 11 is 1.72. The molecular formula is C19H25N5OS. The first-order valence-corrected chi connectivity index (χ1v) is 10.0. The largest absolute Gasteiger partial charge is 0.324 e. The Bertz CT molecular complexity index is 770. The van der Waals surface area contributed by atoms with Gasteiger partial charge in [-0.25, -0.2) is 14.8 Å². The Morgan fingerprint density at radius 3 is 2.92 bits per heavy atom. The number of rotatable bonds is 4. The molecule has 138 valence electrons. The van der Waals surface area contributed by atoms with Crippen LogP contribution in [-0.4, -0.2) is 52.0 Å². The van der Waals surface area contributed by atoms with Crippen molar-refractivity contribution in [1.29, 1.82) is 0 Å². The van der Waals surface area contributed by atoms with E-state index < -0.39 is 0 Å². The summed E-state index contributed by atoms with van der Waals surface area (Å²) < 4.78 is 0. The van der Waals surface area contributed by atoms with Crippen molar-refractivity contribution in [2.75, 3.05) is 25.5 Å². The zero-order valence-electron chi connectivity index (χ0n) is 15.3. The monoisotopic (exact) mass is 371 g/mol. The molecule has 6 nitrogen and oxygen atoms in total. The summed E-state index contributed by atoms with van der Waals surface area (Å²) in [7, 11) is 2.20. The number of pyridine rings is 1. The number of urea groups is 1. The molecule has 7 heteroatoms. The molecule has 2 aromatic heterocycles. The molecule has 1 aliphatic carbocycles. The molecule has 0 bridgehead atoms. The van der Waals surface area contributed by atoms with E-state index in [1.807, 2.05) is 41.6 Å². The number of nitrogens with zero attached hydrogens (tertiary/aromatic N) is 4. The lowest BCUT2D eigenvalue weighted by atomic mass is 9.92. The molecular weight excluding hydrogens is 346 g/mol. The summed E-state index contributed by atoms with van der Waals surface area (Å²) in [5.74, 6) is 0.628. The third-order valence-corrected chi connectivity index (χ3v) is 6.48. The summed E-state index contributed by atoms with van der Waals surface area (Å²) in [4.78, 5) is 25.6. The minimum absolute atomic E-state index is 0.0358. The smallest absolute Gasteiger partial charge is 0.323 e. The van der Waals surface area contributed by atoms with Gasteiger partial charge in [-0.3, -0.25) is 10.2 Å². The lowest BCUT2D eigenvalue weighted by molar-refractivity contribution is 0.156. The number of carbonyl (C=O) groups is 1. The highest BCUT2D eigenvalue weighted by Crippen LogP contribution is 2.56. The number of aromatic nitrogens is 2. The quantitative estimate of drug-likeness (QED) is 0.895. The van der Waals surface area contributed by atoms with Crippen LogP contribution in [0.1, 0.15) is 30.0 Å². The van der Waals surface area contributed by atoms with Gasteiger partial charge in [0, 0.05) is 36.4 Å². The summed E-state index contributed by atoms with van der Waals surface area (Å²) in [5, 5.41) is 6.13. The first kappa shape index (κ1) is 17.4. The molecule has 1 saturated carbocycles. The zero-order valence-corrected chi connectivity index (χ0v) is 16.1. The molecule has 4 rings (SSSR count). The van der Waals surface area contributed by atoms with Crippen molar-refractivity contribution < 1.29 is 4.79 Å². The average molecular weight is 372 g/mol. The van der Waals surface area contributed by atoms with E-state index >= 15 is 0 Å². The second kappa shape index (κ2) is 6.96. The molecule has 1 atom stereocenters. The third kappa shape index (κ3) is 3.59. The Labute approximate surface area is 158 Å². The maximum absolute atomic E-state index is 12.5. The van der Waals surface area contributed by atoms with Crippen LogP contribution in [0.5, 0.6) is 0 Å². The fourth-order valence-corrected chi connectivity index (χ4v) is 4.78. The van der Waals surface area contributed by atoms with Gasteiger partial charge in [-0.15, -0.1) is 11.3 Å². The molecule has 0 aromatic carbocycles. The minimum Gasteiger partial charge on any atom is -0.324 e. The Kier molecular flexibility index (Phi) is 4.67. The van der Waals surface area contributed by atoms with Crippen molar-refractivity contribution in [3.05, 3.63) is 40.5 Å². The number of thiazole rings is 1. The Hall–Kier alpha value is -1.99. The number of anilines is 1. The number of carbonyl (C=O) groups excluding carboxylic acids is 1. The van der Waals surface area contributed by atoms with Crippen LogP contribution in [0.3, 0.4) is 0 Å². The maximum Gasteiger partial charge on any atom is 0.323 e. The standard InChI is InChI=1S/C19H25N5OS/c1-14-4-3-5-16(21-14)22-18(25)24-9-6-19(7-10-24)12-15(19)23(2)13-17-20-8-11-26-17/h3-5,8,11,15H,6-7,9-10,12-13H2,1-2H3,(H,21,22,25). The van der Waals surface area contributed by atoms with Crippen LogP contribution in [0.15, 0.2) is 29.8 Å². The van der Waals surface area contributed by atoms with E-state index in [9.17, 15) is 4.79 Å². The summed E-state index contributed by atoms with van der Waals surface area (Å²) in [6.07, 6.45) is 5.27.